The summed E-state index contributed by atoms with van der Waals surface area (Å²) in [4.78, 5) is 1.99. The van der Waals surface area contributed by atoms with Crippen LogP contribution in [-0.4, -0.2) is 14.2 Å². The molecule has 0 aliphatic carbocycles. The molecular formula is C15H15N3O. The minimum atomic E-state index is 0.641. The van der Waals surface area contributed by atoms with Crippen LogP contribution in [0.5, 0.6) is 5.75 Å². The van der Waals surface area contributed by atoms with Crippen molar-refractivity contribution in [3.8, 4) is 11.8 Å². The van der Waals surface area contributed by atoms with Crippen LogP contribution in [0.2, 0.25) is 0 Å². The largest absolute Gasteiger partial charge is 0.497 e. The standard InChI is InChI=1S/C15H15N3O/c1-18(13-5-3-11(10-16)4-6-13)14-7-12(17)8-15(9-14)19-2/h3-9H,17H2,1-2H3. The van der Waals surface area contributed by atoms with E-state index < -0.39 is 0 Å². The van der Waals surface area contributed by atoms with Gasteiger partial charge in [0, 0.05) is 36.2 Å². The van der Waals surface area contributed by atoms with Gasteiger partial charge in [-0.2, -0.15) is 5.26 Å². The van der Waals surface area contributed by atoms with Crippen molar-refractivity contribution < 1.29 is 4.74 Å². The van der Waals surface area contributed by atoms with Gasteiger partial charge in [0.1, 0.15) is 5.75 Å². The predicted molar refractivity (Wildman–Crippen MR) is 76.6 cm³/mol. The molecule has 0 spiro atoms. The van der Waals surface area contributed by atoms with E-state index in [1.807, 2.05) is 36.2 Å². The van der Waals surface area contributed by atoms with E-state index in [4.69, 9.17) is 15.7 Å². The Morgan fingerprint density at radius 3 is 2.37 bits per heavy atom. The van der Waals surface area contributed by atoms with E-state index in [0.717, 1.165) is 17.1 Å². The van der Waals surface area contributed by atoms with Crippen LogP contribution in [0.4, 0.5) is 17.1 Å². The Morgan fingerprint density at radius 2 is 1.79 bits per heavy atom. The highest BCUT2D eigenvalue weighted by atomic mass is 16.5. The van der Waals surface area contributed by atoms with Crippen molar-refractivity contribution in [2.24, 2.45) is 0 Å². The first kappa shape index (κ1) is 12.8. The van der Waals surface area contributed by atoms with Gasteiger partial charge in [0.15, 0.2) is 0 Å². The lowest BCUT2D eigenvalue weighted by Crippen LogP contribution is -2.09. The van der Waals surface area contributed by atoms with Crippen molar-refractivity contribution in [3.05, 3.63) is 48.0 Å². The van der Waals surface area contributed by atoms with E-state index in [1.54, 1.807) is 25.3 Å². The Morgan fingerprint density at radius 1 is 1.11 bits per heavy atom. The molecule has 0 aromatic heterocycles. The second kappa shape index (κ2) is 5.32. The molecule has 0 bridgehead atoms. The summed E-state index contributed by atoms with van der Waals surface area (Å²) in [7, 11) is 3.55. The third-order valence-electron chi connectivity index (χ3n) is 2.92. The number of hydrogen-bond acceptors (Lipinski definition) is 4. The number of nitriles is 1. The Bertz CT molecular complexity index is 614. The predicted octanol–water partition coefficient (Wildman–Crippen LogP) is 2.92. The lowest BCUT2D eigenvalue weighted by Gasteiger charge is -2.20. The highest BCUT2D eigenvalue weighted by Crippen LogP contribution is 2.29. The first-order valence-corrected chi connectivity index (χ1v) is 5.82. The first-order chi connectivity index (χ1) is 9.13. The molecule has 0 heterocycles. The van der Waals surface area contributed by atoms with Crippen LogP contribution in [0.3, 0.4) is 0 Å². The maximum absolute atomic E-state index is 8.79. The zero-order valence-corrected chi connectivity index (χ0v) is 10.9. The van der Waals surface area contributed by atoms with Crippen molar-refractivity contribution in [2.45, 2.75) is 0 Å². The fourth-order valence-electron chi connectivity index (χ4n) is 1.83. The van der Waals surface area contributed by atoms with Crippen LogP contribution in [0.15, 0.2) is 42.5 Å². The Balaban J connectivity index is 2.35. The summed E-state index contributed by atoms with van der Waals surface area (Å²) in [5.41, 5.74) is 9.05. The van der Waals surface area contributed by atoms with Gasteiger partial charge in [-0.05, 0) is 30.3 Å². The Labute approximate surface area is 112 Å². The number of methoxy groups -OCH3 is 1. The number of nitrogens with zero attached hydrogens (tertiary/aromatic N) is 2. The quantitative estimate of drug-likeness (QED) is 0.854. The van der Waals surface area contributed by atoms with Crippen molar-refractivity contribution in [1.29, 1.82) is 5.26 Å². The fraction of sp³-hybridized carbons (Fsp3) is 0.133. The summed E-state index contributed by atoms with van der Waals surface area (Å²) >= 11 is 0. The highest BCUT2D eigenvalue weighted by molar-refractivity contribution is 5.68. The van der Waals surface area contributed by atoms with Gasteiger partial charge in [-0.15, -0.1) is 0 Å². The fourth-order valence-corrected chi connectivity index (χ4v) is 1.83. The zero-order valence-electron chi connectivity index (χ0n) is 10.9. The smallest absolute Gasteiger partial charge is 0.122 e. The molecule has 0 fully saturated rings. The van der Waals surface area contributed by atoms with Crippen molar-refractivity contribution in [3.63, 3.8) is 0 Å². The van der Waals surface area contributed by atoms with Gasteiger partial charge in [-0.25, -0.2) is 0 Å². The van der Waals surface area contributed by atoms with E-state index in [1.165, 1.54) is 0 Å². The SMILES string of the molecule is COc1cc(N)cc(N(C)c2ccc(C#N)cc2)c1. The topological polar surface area (TPSA) is 62.3 Å². The molecular weight excluding hydrogens is 238 g/mol. The van der Waals surface area contributed by atoms with Crippen LogP contribution < -0.4 is 15.4 Å². The molecule has 0 saturated heterocycles. The minimum absolute atomic E-state index is 0.641. The monoisotopic (exact) mass is 253 g/mol. The lowest BCUT2D eigenvalue weighted by molar-refractivity contribution is 0.415. The molecule has 0 atom stereocenters. The van der Waals surface area contributed by atoms with E-state index in [9.17, 15) is 0 Å². The zero-order chi connectivity index (χ0) is 13.8. The van der Waals surface area contributed by atoms with Crippen LogP contribution in [0, 0.1) is 11.3 Å². The second-order valence-corrected chi connectivity index (χ2v) is 4.18. The molecule has 0 saturated carbocycles. The van der Waals surface area contributed by atoms with E-state index in [-0.39, 0.29) is 0 Å². The molecule has 0 unspecified atom stereocenters. The Hall–Kier alpha value is -2.67. The maximum atomic E-state index is 8.79. The van der Waals surface area contributed by atoms with Crippen molar-refractivity contribution in [2.75, 3.05) is 24.8 Å². The third-order valence-corrected chi connectivity index (χ3v) is 2.92. The summed E-state index contributed by atoms with van der Waals surface area (Å²) in [6, 6.07) is 15.0. The molecule has 2 aromatic carbocycles. The van der Waals surface area contributed by atoms with Crippen LogP contribution in [0.1, 0.15) is 5.56 Å². The summed E-state index contributed by atoms with van der Waals surface area (Å²) in [6.45, 7) is 0. The molecule has 4 nitrogen and oxygen atoms in total. The van der Waals surface area contributed by atoms with Crippen LogP contribution in [-0.2, 0) is 0 Å². The Kier molecular flexibility index (Phi) is 3.58. The molecule has 4 heteroatoms. The lowest BCUT2D eigenvalue weighted by atomic mass is 10.2. The number of anilines is 3. The van der Waals surface area contributed by atoms with Gasteiger partial charge in [-0.3, -0.25) is 0 Å². The number of hydrogen-bond donors (Lipinski definition) is 1. The second-order valence-electron chi connectivity index (χ2n) is 4.18. The summed E-state index contributed by atoms with van der Waals surface area (Å²) in [5, 5.41) is 8.79. The van der Waals surface area contributed by atoms with Crippen molar-refractivity contribution in [1.82, 2.24) is 0 Å². The van der Waals surface area contributed by atoms with Gasteiger partial charge in [0.2, 0.25) is 0 Å². The number of benzene rings is 2. The average molecular weight is 253 g/mol. The van der Waals surface area contributed by atoms with Crippen LogP contribution in [0.25, 0.3) is 0 Å². The van der Waals surface area contributed by atoms with Gasteiger partial charge < -0.3 is 15.4 Å². The summed E-state index contributed by atoms with van der Waals surface area (Å²) < 4.78 is 5.21. The van der Waals surface area contributed by atoms with Gasteiger partial charge in [-0.1, -0.05) is 0 Å². The molecule has 0 amide bonds. The molecule has 0 aliphatic heterocycles. The molecule has 19 heavy (non-hydrogen) atoms. The number of ether oxygens (including phenoxy) is 1. The van der Waals surface area contributed by atoms with E-state index in [0.29, 0.717) is 11.3 Å². The minimum Gasteiger partial charge on any atom is -0.497 e. The molecule has 2 aromatic rings. The van der Waals surface area contributed by atoms with E-state index in [2.05, 4.69) is 6.07 Å². The third kappa shape index (κ3) is 2.78. The van der Waals surface area contributed by atoms with Crippen molar-refractivity contribution >= 4 is 17.1 Å². The molecule has 0 radical (unpaired) electrons. The normalized spacial score (nSPS) is 9.74. The van der Waals surface area contributed by atoms with E-state index >= 15 is 0 Å². The number of nitrogens with two attached hydrogens (primary N) is 1. The average Bonchev–Trinajstić information content (AvgIpc) is 2.46. The summed E-state index contributed by atoms with van der Waals surface area (Å²) in [6.07, 6.45) is 0. The van der Waals surface area contributed by atoms with Gasteiger partial charge >= 0.3 is 0 Å². The molecule has 0 aliphatic rings. The van der Waals surface area contributed by atoms with Crippen LogP contribution >= 0.6 is 0 Å². The van der Waals surface area contributed by atoms with Gasteiger partial charge in [0.25, 0.3) is 0 Å². The molecule has 2 N–H and O–H groups in total. The maximum Gasteiger partial charge on any atom is 0.122 e. The number of nitrogen functional groups attached to an aromatic ring is 1. The molecule has 2 rings (SSSR count). The number of rotatable bonds is 3. The summed E-state index contributed by atoms with van der Waals surface area (Å²) in [5.74, 6) is 0.718. The first-order valence-electron chi connectivity index (χ1n) is 5.82. The molecule has 96 valence electrons. The highest BCUT2D eigenvalue weighted by Gasteiger charge is 2.06. The van der Waals surface area contributed by atoms with Gasteiger partial charge in [0.05, 0.1) is 18.7 Å².